The van der Waals surface area contributed by atoms with Crippen LogP contribution in [0.15, 0.2) is 71.7 Å². The number of nitriles is 1. The monoisotopic (exact) mass is 602 g/mol. The van der Waals surface area contributed by atoms with Crippen molar-refractivity contribution in [2.75, 3.05) is 5.48 Å². The van der Waals surface area contributed by atoms with E-state index in [4.69, 9.17) is 30.6 Å². The van der Waals surface area contributed by atoms with E-state index >= 15 is 0 Å². The van der Waals surface area contributed by atoms with Gasteiger partial charge in [-0.25, -0.2) is 15.0 Å². The fourth-order valence-corrected chi connectivity index (χ4v) is 6.33. The third kappa shape index (κ3) is 4.53. The Kier molecular flexibility index (Phi) is 7.24. The quantitative estimate of drug-likeness (QED) is 0.0677. The number of para-hydroxylation sites is 1. The number of fused-ring (bicyclic) bond motifs is 1. The van der Waals surface area contributed by atoms with Gasteiger partial charge in [-0.2, -0.15) is 5.26 Å². The third-order valence-electron chi connectivity index (χ3n) is 7.67. The lowest BCUT2D eigenvalue weighted by atomic mass is 9.64. The summed E-state index contributed by atoms with van der Waals surface area (Å²) in [6, 6.07) is 17.3. The van der Waals surface area contributed by atoms with Crippen LogP contribution in [0.25, 0.3) is 11.2 Å². The van der Waals surface area contributed by atoms with Crippen LogP contribution in [0, 0.1) is 25.2 Å². The number of ether oxygens (including phenoxy) is 1. The lowest BCUT2D eigenvalue weighted by Crippen LogP contribution is -2.82. The van der Waals surface area contributed by atoms with E-state index in [1.807, 2.05) is 87.5 Å². The molecule has 12 heteroatoms. The van der Waals surface area contributed by atoms with Gasteiger partial charge in [-0.05, 0) is 49.6 Å². The first-order valence-electron chi connectivity index (χ1n) is 13.3. The molecule has 4 aromatic rings. The zero-order chi connectivity index (χ0) is 29.5. The number of rotatable bonds is 9. The number of amides is 1. The van der Waals surface area contributed by atoms with Gasteiger partial charge in [0.1, 0.15) is 28.1 Å². The van der Waals surface area contributed by atoms with Crippen molar-refractivity contribution < 1.29 is 18.9 Å². The first-order chi connectivity index (χ1) is 20.3. The highest BCUT2D eigenvalue weighted by Crippen LogP contribution is 2.47. The summed E-state index contributed by atoms with van der Waals surface area (Å²) < 4.78 is 13.2. The smallest absolute Gasteiger partial charge is 0.267 e. The Morgan fingerprint density at radius 3 is 2.76 bits per heavy atom. The van der Waals surface area contributed by atoms with Crippen LogP contribution in [-0.4, -0.2) is 31.6 Å². The Morgan fingerprint density at radius 1 is 1.24 bits per heavy atom. The van der Waals surface area contributed by atoms with E-state index < -0.39 is 11.1 Å². The summed E-state index contributed by atoms with van der Waals surface area (Å²) in [5, 5.41) is 16.4. The van der Waals surface area contributed by atoms with Gasteiger partial charge in [0.05, 0.1) is 22.6 Å². The van der Waals surface area contributed by atoms with Crippen LogP contribution in [0.3, 0.4) is 0 Å². The van der Waals surface area contributed by atoms with Crippen molar-refractivity contribution >= 4 is 46.5 Å². The molecule has 2 aromatic heterocycles. The molecule has 0 saturated carbocycles. The maximum atomic E-state index is 13.1. The first-order valence-corrected chi connectivity index (χ1v) is 14.4. The number of carbonyl (C=O) groups excluding carboxylic acids is 1. The molecular formula is C30H27ClN6O4S. The molecule has 1 aliphatic carbocycles. The van der Waals surface area contributed by atoms with Gasteiger partial charge in [0.2, 0.25) is 5.60 Å². The maximum absolute atomic E-state index is 13.1. The highest BCUT2D eigenvalue weighted by atomic mass is 35.5. The molecule has 42 heavy (non-hydrogen) atoms. The number of aryl methyl sites for hydroxylation is 2. The van der Waals surface area contributed by atoms with E-state index in [0.29, 0.717) is 40.6 Å². The molecule has 1 amide bonds. The molecule has 0 bridgehead atoms. The minimum atomic E-state index is -1.10. The Balaban J connectivity index is 1.23. The molecule has 3 N–H and O–H groups in total. The number of carbonyl (C=O) groups is 1. The Morgan fingerprint density at radius 2 is 2.05 bits per heavy atom. The van der Waals surface area contributed by atoms with E-state index in [0.717, 1.165) is 28.7 Å². The highest BCUT2D eigenvalue weighted by molar-refractivity contribution is 7.94. The number of aromatic nitrogens is 3. The SMILES string of the molecule is CCC1(Oc2ccc(C)cc2C)C(=O)NC12C=CC=C(c1nc3c(C#N)c(SOONc4ccccc4)c(Cl)n3[nH]1)C2. The first kappa shape index (κ1) is 27.9. The van der Waals surface area contributed by atoms with Gasteiger partial charge in [0, 0.05) is 6.42 Å². The zero-order valence-electron chi connectivity index (χ0n) is 23.0. The van der Waals surface area contributed by atoms with Crippen molar-refractivity contribution in [3.05, 3.63) is 94.4 Å². The number of nitrogens with one attached hydrogen (secondary N) is 3. The second kappa shape index (κ2) is 10.9. The topological polar surface area (TPSA) is 126 Å². The summed E-state index contributed by atoms with van der Waals surface area (Å²) in [5.41, 5.74) is 4.96. The predicted octanol–water partition coefficient (Wildman–Crippen LogP) is 6.23. The van der Waals surface area contributed by atoms with Gasteiger partial charge in [-0.3, -0.25) is 9.89 Å². The van der Waals surface area contributed by atoms with Crippen LogP contribution >= 0.6 is 23.6 Å². The number of β-lactam (4-membered cyclic amide) rings is 1. The number of allylic oxidation sites excluding steroid dienone is 2. The van der Waals surface area contributed by atoms with Gasteiger partial charge in [-0.15, -0.1) is 9.32 Å². The van der Waals surface area contributed by atoms with Gasteiger partial charge in [0.15, 0.2) is 11.5 Å². The zero-order valence-corrected chi connectivity index (χ0v) is 24.6. The van der Waals surface area contributed by atoms with E-state index in [2.05, 4.69) is 22.0 Å². The van der Waals surface area contributed by atoms with Gasteiger partial charge >= 0.3 is 0 Å². The Labute approximate surface area is 251 Å². The number of nitrogens with zero attached hydrogens (tertiary/aromatic N) is 3. The lowest BCUT2D eigenvalue weighted by Gasteiger charge is -2.57. The standard InChI is InChI=1S/C30H27ClN6O4S/c1-4-30(39-23-13-12-18(2)15-19(23)3)28(38)34-29(30)14-8-9-20(16-29)26-33-27-22(17-32)24(25(31)37(27)35-26)42-41-40-36-21-10-6-5-7-11-21/h5-15,36H,4,16H2,1-3H3,(H,33,35)(H,34,38). The van der Waals surface area contributed by atoms with Gasteiger partial charge in [-0.1, -0.05) is 72.6 Å². The van der Waals surface area contributed by atoms with E-state index in [-0.39, 0.29) is 16.6 Å². The van der Waals surface area contributed by atoms with Gasteiger partial charge in [0.25, 0.3) is 5.91 Å². The van der Waals surface area contributed by atoms with Crippen molar-refractivity contribution in [2.45, 2.75) is 49.6 Å². The largest absolute Gasteiger partial charge is 0.474 e. The molecule has 214 valence electrons. The number of H-pyrrole nitrogens is 1. The summed E-state index contributed by atoms with van der Waals surface area (Å²) in [6.45, 7) is 5.95. The molecule has 2 atom stereocenters. The number of hydrogen-bond donors (Lipinski definition) is 3. The number of aromatic amines is 1. The third-order valence-corrected chi connectivity index (χ3v) is 8.84. The minimum Gasteiger partial charge on any atom is -0.474 e. The maximum Gasteiger partial charge on any atom is 0.267 e. The molecule has 10 nitrogen and oxygen atoms in total. The van der Waals surface area contributed by atoms with Crippen LogP contribution in [0.2, 0.25) is 5.15 Å². The summed E-state index contributed by atoms with van der Waals surface area (Å²) in [6.07, 6.45) is 6.69. The predicted molar refractivity (Wildman–Crippen MR) is 160 cm³/mol. The van der Waals surface area contributed by atoms with E-state index in [9.17, 15) is 10.1 Å². The van der Waals surface area contributed by atoms with Gasteiger partial charge < -0.3 is 10.1 Å². The Bertz CT molecular complexity index is 1790. The lowest BCUT2D eigenvalue weighted by molar-refractivity contribution is -0.164. The van der Waals surface area contributed by atoms with Crippen LogP contribution in [-0.2, 0) is 14.1 Å². The second-order valence-electron chi connectivity index (χ2n) is 10.2. The highest BCUT2D eigenvalue weighted by Gasteiger charge is 2.67. The normalized spacial score (nSPS) is 21.1. The molecule has 2 unspecified atom stereocenters. The molecular weight excluding hydrogens is 576 g/mol. The van der Waals surface area contributed by atoms with Crippen molar-refractivity contribution in [3.8, 4) is 11.8 Å². The number of anilines is 1. The number of hydrogen-bond acceptors (Lipinski definition) is 8. The summed E-state index contributed by atoms with van der Waals surface area (Å²) in [5.74, 6) is 1.03. The van der Waals surface area contributed by atoms with Crippen LogP contribution in [0.4, 0.5) is 5.69 Å². The summed E-state index contributed by atoms with van der Waals surface area (Å²) >= 11 is 7.44. The molecule has 2 aliphatic rings. The second-order valence-corrected chi connectivity index (χ2v) is 11.3. The van der Waals surface area contributed by atoms with Crippen LogP contribution in [0.5, 0.6) is 5.75 Å². The molecule has 2 aromatic carbocycles. The molecule has 1 spiro atoms. The van der Waals surface area contributed by atoms with Crippen molar-refractivity contribution in [1.82, 2.24) is 19.9 Å². The van der Waals surface area contributed by atoms with Crippen molar-refractivity contribution in [2.24, 2.45) is 0 Å². The number of halogens is 1. The molecule has 0 radical (unpaired) electrons. The minimum absolute atomic E-state index is 0.163. The molecule has 1 aliphatic heterocycles. The van der Waals surface area contributed by atoms with Crippen molar-refractivity contribution in [1.29, 1.82) is 5.26 Å². The molecule has 1 saturated heterocycles. The van der Waals surface area contributed by atoms with Crippen molar-refractivity contribution in [3.63, 3.8) is 0 Å². The average molecular weight is 603 g/mol. The molecule has 3 heterocycles. The van der Waals surface area contributed by atoms with Crippen LogP contribution < -0.4 is 15.5 Å². The fraction of sp³-hybridized carbons (Fsp3) is 0.233. The van der Waals surface area contributed by atoms with Crippen LogP contribution in [0.1, 0.15) is 42.3 Å². The molecule has 6 rings (SSSR count). The van der Waals surface area contributed by atoms with E-state index in [1.165, 1.54) is 4.52 Å². The average Bonchev–Trinajstić information content (AvgIpc) is 3.53. The summed E-state index contributed by atoms with van der Waals surface area (Å²) in [4.78, 5) is 23.2. The summed E-state index contributed by atoms with van der Waals surface area (Å²) in [7, 11) is 0. The van der Waals surface area contributed by atoms with E-state index in [1.54, 1.807) is 0 Å². The number of benzene rings is 2. The Hall–Kier alpha value is -4.21. The molecule has 1 fully saturated rings. The fourth-order valence-electron chi connectivity index (χ4n) is 5.50.